The summed E-state index contributed by atoms with van der Waals surface area (Å²) in [5.41, 5.74) is 0. The largest absolute Gasteiger partial charge is 2.00 e. The molecular weight excluding hydrogens is 945 g/mol. The minimum atomic E-state index is -0.893. The maximum absolute atomic E-state index is 10.3. The van der Waals surface area contributed by atoms with E-state index in [1.807, 2.05) is 41.5 Å². The molecule has 3 radical (unpaired) electrons. The first-order valence-corrected chi connectivity index (χ1v) is 23.6. The molecule has 0 fully saturated rings. The van der Waals surface area contributed by atoms with Gasteiger partial charge in [0.25, 0.3) is 0 Å². The predicted octanol–water partition coefficient (Wildman–Crippen LogP) is 5.71. The molecule has 0 aliphatic carbocycles. The number of hydrogen-bond acceptors (Lipinski definition) is 12. The van der Waals surface area contributed by atoms with Crippen molar-refractivity contribution in [3.8, 4) is 0 Å². The van der Waals surface area contributed by atoms with Gasteiger partial charge in [-0.05, 0) is 113 Å². The molecule has 0 bridgehead atoms. The Kier molecular flexibility index (Phi) is 80.8. The number of carbonyl (C=O) groups is 6. The van der Waals surface area contributed by atoms with E-state index >= 15 is 0 Å². The standard InChI is InChI=1S/6C8H16O2.3Co/c6*1-3-5-6-7(4-2)8(9)10;;;/h6*7H,3-6H2,1-2H3,(H,9,10);;;/q;;;;;;3*+2/p-6. The Morgan fingerprint density at radius 3 is 0.397 bits per heavy atom. The SMILES string of the molecule is CCCCC(CC)C(=O)[O-].CCCCC(CC)C(=O)[O-].CCCCC(CC)C(=O)[O-].CCCCC(CC)C(=O)[O-].CCCCC(CC)C(=O)[O-].CCCCC(CC)C(=O)[O-].[Co+2].[Co+2].[Co+2]. The number of carboxylic acid groups (broad SMARTS) is 6. The molecule has 0 saturated carbocycles. The fourth-order valence-electron chi connectivity index (χ4n) is 5.63. The van der Waals surface area contributed by atoms with Crippen LogP contribution in [-0.4, -0.2) is 35.8 Å². The van der Waals surface area contributed by atoms with E-state index in [0.717, 1.165) is 116 Å². The molecular formula is C48H90Co3O12. The maximum atomic E-state index is 10.3. The van der Waals surface area contributed by atoms with Gasteiger partial charge in [-0.2, -0.15) is 0 Å². The molecule has 0 heterocycles. The summed E-state index contributed by atoms with van der Waals surface area (Å²) in [6.07, 6.45) is 21.1. The zero-order chi connectivity index (χ0) is 47.9. The molecule has 12 nitrogen and oxygen atoms in total. The first-order chi connectivity index (χ1) is 28.3. The van der Waals surface area contributed by atoms with Gasteiger partial charge in [-0.25, -0.2) is 0 Å². The van der Waals surface area contributed by atoms with Gasteiger partial charge in [-0.3, -0.25) is 0 Å². The smallest absolute Gasteiger partial charge is 0.550 e. The number of carbonyl (C=O) groups excluding carboxylic acids is 6. The van der Waals surface area contributed by atoms with Gasteiger partial charge < -0.3 is 59.4 Å². The molecule has 0 aromatic rings. The van der Waals surface area contributed by atoms with Gasteiger partial charge in [-0.15, -0.1) is 0 Å². The second-order valence-electron chi connectivity index (χ2n) is 15.4. The molecule has 0 aliphatic heterocycles. The van der Waals surface area contributed by atoms with Gasteiger partial charge in [0.1, 0.15) is 0 Å². The average molecular weight is 1040 g/mol. The third-order valence-corrected chi connectivity index (χ3v) is 10.4. The van der Waals surface area contributed by atoms with Crippen LogP contribution in [0.2, 0.25) is 0 Å². The zero-order valence-electron chi connectivity index (χ0n) is 41.3. The van der Waals surface area contributed by atoms with Crippen LogP contribution < -0.4 is 30.6 Å². The van der Waals surface area contributed by atoms with E-state index in [0.29, 0.717) is 38.5 Å². The summed E-state index contributed by atoms with van der Waals surface area (Å²) >= 11 is 0. The van der Waals surface area contributed by atoms with Crippen molar-refractivity contribution < 1.29 is 110 Å². The Bertz CT molecular complexity index is 816. The molecule has 6 atom stereocenters. The number of rotatable bonds is 30. The number of hydrogen-bond donors (Lipinski definition) is 0. The van der Waals surface area contributed by atoms with Crippen LogP contribution in [0.15, 0.2) is 0 Å². The first kappa shape index (κ1) is 81.5. The average Bonchev–Trinajstić information content (AvgIpc) is 3.20. The van der Waals surface area contributed by atoms with Crippen molar-refractivity contribution in [3.05, 3.63) is 0 Å². The molecule has 6 unspecified atom stereocenters. The van der Waals surface area contributed by atoms with Crippen LogP contribution in [-0.2, 0) is 79.1 Å². The molecule has 15 heteroatoms. The van der Waals surface area contributed by atoms with E-state index in [1.54, 1.807) is 0 Å². The third-order valence-electron chi connectivity index (χ3n) is 10.4. The van der Waals surface area contributed by atoms with E-state index in [1.165, 1.54) is 0 Å². The van der Waals surface area contributed by atoms with Gasteiger partial charge in [0, 0.05) is 35.8 Å². The summed E-state index contributed by atoms with van der Waals surface area (Å²) in [5.74, 6) is -6.69. The minimum absolute atomic E-state index is 0. The third kappa shape index (κ3) is 60.3. The molecule has 0 aliphatic rings. The van der Waals surface area contributed by atoms with Crippen LogP contribution in [0.4, 0.5) is 0 Å². The maximum Gasteiger partial charge on any atom is 2.00 e. The van der Waals surface area contributed by atoms with Crippen molar-refractivity contribution in [2.24, 2.45) is 35.5 Å². The summed E-state index contributed by atoms with van der Waals surface area (Å²) in [4.78, 5) is 62.0. The summed E-state index contributed by atoms with van der Waals surface area (Å²) in [6, 6.07) is 0. The van der Waals surface area contributed by atoms with Gasteiger partial charge >= 0.3 is 50.3 Å². The Morgan fingerprint density at radius 2 is 0.349 bits per heavy atom. The van der Waals surface area contributed by atoms with Gasteiger partial charge in [-0.1, -0.05) is 160 Å². The Balaban J connectivity index is -0.0000000786. The number of aliphatic carboxylic acids is 6. The molecule has 0 aromatic carbocycles. The van der Waals surface area contributed by atoms with Crippen molar-refractivity contribution >= 4 is 35.8 Å². The first-order valence-electron chi connectivity index (χ1n) is 23.6. The zero-order valence-corrected chi connectivity index (χ0v) is 44.5. The van der Waals surface area contributed by atoms with Crippen molar-refractivity contribution in [3.63, 3.8) is 0 Å². The number of carboxylic acids is 6. The quantitative estimate of drug-likeness (QED) is 0.0841. The molecule has 0 aromatic heterocycles. The van der Waals surface area contributed by atoms with Gasteiger partial charge in [0.05, 0.1) is 0 Å². The second kappa shape index (κ2) is 62.4. The molecule has 63 heavy (non-hydrogen) atoms. The van der Waals surface area contributed by atoms with Crippen LogP contribution in [0.3, 0.4) is 0 Å². The second-order valence-corrected chi connectivity index (χ2v) is 15.4. The summed E-state index contributed by atoms with van der Waals surface area (Å²) in [6.45, 7) is 23.7. The summed E-state index contributed by atoms with van der Waals surface area (Å²) in [7, 11) is 0. The van der Waals surface area contributed by atoms with Crippen molar-refractivity contribution in [1.29, 1.82) is 0 Å². The van der Waals surface area contributed by atoms with E-state index in [4.69, 9.17) is 0 Å². The molecule has 0 spiro atoms. The van der Waals surface area contributed by atoms with Crippen LogP contribution >= 0.6 is 0 Å². The summed E-state index contributed by atoms with van der Waals surface area (Å²) < 4.78 is 0. The fourth-order valence-corrected chi connectivity index (χ4v) is 5.63. The van der Waals surface area contributed by atoms with E-state index in [-0.39, 0.29) is 85.8 Å². The molecule has 0 N–H and O–H groups in total. The van der Waals surface area contributed by atoms with Crippen LogP contribution in [0, 0.1) is 35.5 Å². The molecule has 0 saturated heterocycles. The normalized spacial score (nSPS) is 12.4. The van der Waals surface area contributed by atoms with Crippen LogP contribution in [0.5, 0.6) is 0 Å². The Hall–Kier alpha value is -1.66. The number of unbranched alkanes of at least 4 members (excludes halogenated alkanes) is 6. The molecule has 0 amide bonds. The van der Waals surface area contributed by atoms with E-state index in [2.05, 4.69) is 41.5 Å². The van der Waals surface area contributed by atoms with Crippen molar-refractivity contribution in [2.45, 2.75) is 237 Å². The van der Waals surface area contributed by atoms with Crippen molar-refractivity contribution in [1.82, 2.24) is 0 Å². The van der Waals surface area contributed by atoms with Gasteiger partial charge in [0.15, 0.2) is 0 Å². The van der Waals surface area contributed by atoms with E-state index in [9.17, 15) is 59.4 Å². The molecule has 381 valence electrons. The fraction of sp³-hybridized carbons (Fsp3) is 0.875. The van der Waals surface area contributed by atoms with E-state index < -0.39 is 35.8 Å². The van der Waals surface area contributed by atoms with Crippen LogP contribution in [0.25, 0.3) is 0 Å². The predicted molar refractivity (Wildman–Crippen MR) is 230 cm³/mol. The Labute approximate surface area is 416 Å². The van der Waals surface area contributed by atoms with Gasteiger partial charge in [0.2, 0.25) is 0 Å². The van der Waals surface area contributed by atoms with Crippen LogP contribution in [0.1, 0.15) is 237 Å². The van der Waals surface area contributed by atoms with Crippen molar-refractivity contribution in [2.75, 3.05) is 0 Å². The monoisotopic (exact) mass is 1040 g/mol. The minimum Gasteiger partial charge on any atom is -0.550 e. The topological polar surface area (TPSA) is 241 Å². The Morgan fingerprint density at radius 1 is 0.254 bits per heavy atom. The molecule has 0 rings (SSSR count). The summed E-state index contributed by atoms with van der Waals surface area (Å²) in [5, 5.41) is 62.0.